The first-order chi connectivity index (χ1) is 14.4. The van der Waals surface area contributed by atoms with Crippen LogP contribution in [-0.2, 0) is 0 Å². The monoisotopic (exact) mass is 427 g/mol. The van der Waals surface area contributed by atoms with E-state index in [9.17, 15) is 18.4 Å². The average Bonchev–Trinajstić information content (AvgIpc) is 3.14. The standard InChI is InChI=1S/C20H12ClF2N5O2/c21-9-1-3-10(4-2-9)28-20-14-12(7-25-19(14)26-8-27-20)17(29)15-13(22)6-5-11(16(15)23)18(24)30/h1-8H,(H2,24,30)(H2,25,26,27,28). The number of halogens is 3. The number of primary amides is 1. The van der Waals surface area contributed by atoms with Gasteiger partial charge in [0, 0.05) is 16.9 Å². The van der Waals surface area contributed by atoms with E-state index in [1.165, 1.54) is 12.5 Å². The fourth-order valence-electron chi connectivity index (χ4n) is 2.99. The summed E-state index contributed by atoms with van der Waals surface area (Å²) in [6, 6.07) is 8.40. The highest BCUT2D eigenvalue weighted by Crippen LogP contribution is 2.30. The number of hydrogen-bond acceptors (Lipinski definition) is 5. The Kier molecular flexibility index (Phi) is 4.88. The zero-order valence-electron chi connectivity index (χ0n) is 15.0. The number of nitrogens with two attached hydrogens (primary N) is 1. The first-order valence-corrected chi connectivity index (χ1v) is 8.91. The van der Waals surface area contributed by atoms with E-state index >= 15 is 0 Å². The third kappa shape index (κ3) is 3.35. The maximum absolute atomic E-state index is 14.7. The van der Waals surface area contributed by atoms with Gasteiger partial charge in [-0.25, -0.2) is 18.7 Å². The number of H-pyrrole nitrogens is 1. The fourth-order valence-corrected chi connectivity index (χ4v) is 3.12. The summed E-state index contributed by atoms with van der Waals surface area (Å²) in [5.74, 6) is -4.33. The third-order valence-corrected chi connectivity index (χ3v) is 4.66. The zero-order chi connectivity index (χ0) is 21.4. The van der Waals surface area contributed by atoms with Crippen molar-refractivity contribution in [2.24, 2.45) is 5.73 Å². The Bertz CT molecular complexity index is 1300. The van der Waals surface area contributed by atoms with Gasteiger partial charge in [0.05, 0.1) is 22.1 Å². The third-order valence-electron chi connectivity index (χ3n) is 4.41. The van der Waals surface area contributed by atoms with E-state index in [-0.39, 0.29) is 22.4 Å². The molecular weight excluding hydrogens is 416 g/mol. The Labute approximate surface area is 172 Å². The minimum absolute atomic E-state index is 0.0820. The van der Waals surface area contributed by atoms with Crippen LogP contribution in [-0.4, -0.2) is 26.6 Å². The van der Waals surface area contributed by atoms with Crippen molar-refractivity contribution in [2.75, 3.05) is 5.32 Å². The molecule has 0 saturated heterocycles. The Balaban J connectivity index is 1.84. The second kappa shape index (κ2) is 7.53. The predicted octanol–water partition coefficient (Wildman–Crippen LogP) is 3.96. The number of nitrogens with one attached hydrogen (secondary N) is 2. The number of aromatic nitrogens is 3. The second-order valence-electron chi connectivity index (χ2n) is 6.26. The lowest BCUT2D eigenvalue weighted by molar-refractivity contribution is 0.0996. The number of carbonyl (C=O) groups excluding carboxylic acids is 2. The first kappa shape index (κ1) is 19.5. The molecule has 10 heteroatoms. The molecule has 0 saturated carbocycles. The molecule has 2 aromatic carbocycles. The van der Waals surface area contributed by atoms with Crippen molar-refractivity contribution in [2.45, 2.75) is 0 Å². The molecule has 0 atom stereocenters. The SMILES string of the molecule is NC(=O)c1ccc(F)c(C(=O)c2c[nH]c3ncnc(Nc4ccc(Cl)cc4)c23)c1F. The number of fused-ring (bicyclic) bond motifs is 1. The van der Waals surface area contributed by atoms with Crippen LogP contribution in [0.5, 0.6) is 0 Å². The minimum atomic E-state index is -1.33. The summed E-state index contributed by atoms with van der Waals surface area (Å²) in [4.78, 5) is 35.4. The van der Waals surface area contributed by atoms with E-state index in [1.54, 1.807) is 24.3 Å². The van der Waals surface area contributed by atoms with E-state index in [0.717, 1.165) is 12.1 Å². The van der Waals surface area contributed by atoms with Gasteiger partial charge in [-0.3, -0.25) is 9.59 Å². The molecule has 4 N–H and O–H groups in total. The van der Waals surface area contributed by atoms with Crippen LogP contribution in [0, 0.1) is 11.6 Å². The molecule has 0 unspecified atom stereocenters. The quantitative estimate of drug-likeness (QED) is 0.417. The molecule has 4 aromatic rings. The van der Waals surface area contributed by atoms with E-state index in [2.05, 4.69) is 20.3 Å². The van der Waals surface area contributed by atoms with Crippen LogP contribution in [0.25, 0.3) is 11.0 Å². The van der Waals surface area contributed by atoms with Crippen LogP contribution in [0.3, 0.4) is 0 Å². The van der Waals surface area contributed by atoms with Crippen LogP contribution in [0.15, 0.2) is 48.9 Å². The molecule has 30 heavy (non-hydrogen) atoms. The van der Waals surface area contributed by atoms with Crippen LogP contribution >= 0.6 is 11.6 Å². The van der Waals surface area contributed by atoms with Gasteiger partial charge < -0.3 is 16.0 Å². The summed E-state index contributed by atoms with van der Waals surface area (Å²) in [5.41, 5.74) is 4.43. The van der Waals surface area contributed by atoms with Crippen molar-refractivity contribution in [1.82, 2.24) is 15.0 Å². The highest BCUT2D eigenvalue weighted by Gasteiger charge is 2.27. The molecule has 0 bridgehead atoms. The lowest BCUT2D eigenvalue weighted by Gasteiger charge is -2.09. The summed E-state index contributed by atoms with van der Waals surface area (Å²) in [5, 5.41) is 3.78. The first-order valence-electron chi connectivity index (χ1n) is 8.54. The maximum atomic E-state index is 14.7. The van der Waals surface area contributed by atoms with Gasteiger partial charge in [0.1, 0.15) is 29.4 Å². The predicted molar refractivity (Wildman–Crippen MR) is 107 cm³/mol. The molecule has 150 valence electrons. The molecule has 0 radical (unpaired) electrons. The Morgan fingerprint density at radius 1 is 1.03 bits per heavy atom. The maximum Gasteiger partial charge on any atom is 0.251 e. The summed E-state index contributed by atoms with van der Waals surface area (Å²) in [6.45, 7) is 0. The molecule has 1 amide bonds. The Morgan fingerprint density at radius 2 is 1.77 bits per heavy atom. The molecule has 7 nitrogen and oxygen atoms in total. The number of benzene rings is 2. The smallest absolute Gasteiger partial charge is 0.251 e. The molecule has 2 aromatic heterocycles. The lowest BCUT2D eigenvalue weighted by atomic mass is 9.99. The van der Waals surface area contributed by atoms with Crippen LogP contribution < -0.4 is 11.1 Å². The molecular formula is C20H12ClF2N5O2. The second-order valence-corrected chi connectivity index (χ2v) is 6.69. The number of nitrogens with zero attached hydrogens (tertiary/aromatic N) is 2. The van der Waals surface area contributed by atoms with E-state index in [4.69, 9.17) is 17.3 Å². The van der Waals surface area contributed by atoms with E-state index in [1.807, 2.05) is 0 Å². The highest BCUT2D eigenvalue weighted by molar-refractivity contribution is 6.30. The van der Waals surface area contributed by atoms with Gasteiger partial charge in [-0.05, 0) is 36.4 Å². The molecule has 2 heterocycles. The van der Waals surface area contributed by atoms with Crippen molar-refractivity contribution in [1.29, 1.82) is 0 Å². The van der Waals surface area contributed by atoms with Crippen molar-refractivity contribution in [3.05, 3.63) is 82.3 Å². The number of carbonyl (C=O) groups is 2. The molecule has 0 aliphatic heterocycles. The summed E-state index contributed by atoms with van der Waals surface area (Å²) in [7, 11) is 0. The number of ketones is 1. The fraction of sp³-hybridized carbons (Fsp3) is 0. The van der Waals surface area contributed by atoms with Crippen molar-refractivity contribution < 1.29 is 18.4 Å². The van der Waals surface area contributed by atoms with E-state index in [0.29, 0.717) is 10.7 Å². The molecule has 0 fully saturated rings. The van der Waals surface area contributed by atoms with Crippen molar-refractivity contribution in [3.8, 4) is 0 Å². The van der Waals surface area contributed by atoms with Gasteiger partial charge >= 0.3 is 0 Å². The molecule has 4 rings (SSSR count). The Morgan fingerprint density at radius 3 is 2.47 bits per heavy atom. The van der Waals surface area contributed by atoms with Gasteiger partial charge in [0.2, 0.25) is 5.78 Å². The molecule has 0 spiro atoms. The molecule has 0 aliphatic carbocycles. The summed E-state index contributed by atoms with van der Waals surface area (Å²) >= 11 is 5.88. The lowest BCUT2D eigenvalue weighted by Crippen LogP contribution is -2.17. The van der Waals surface area contributed by atoms with Gasteiger partial charge in [-0.1, -0.05) is 11.6 Å². The van der Waals surface area contributed by atoms with Gasteiger partial charge in [0.25, 0.3) is 5.91 Å². The zero-order valence-corrected chi connectivity index (χ0v) is 15.8. The largest absolute Gasteiger partial charge is 0.366 e. The van der Waals surface area contributed by atoms with Crippen molar-refractivity contribution >= 4 is 45.8 Å². The topological polar surface area (TPSA) is 114 Å². The highest BCUT2D eigenvalue weighted by atomic mass is 35.5. The van der Waals surface area contributed by atoms with Crippen LogP contribution in [0.2, 0.25) is 5.02 Å². The van der Waals surface area contributed by atoms with E-state index < -0.39 is 34.5 Å². The van der Waals surface area contributed by atoms with Gasteiger partial charge in [0.15, 0.2) is 0 Å². The number of aromatic amines is 1. The Hall–Kier alpha value is -3.85. The van der Waals surface area contributed by atoms with Crippen LogP contribution in [0.1, 0.15) is 26.3 Å². The average molecular weight is 428 g/mol. The van der Waals surface area contributed by atoms with Gasteiger partial charge in [-0.15, -0.1) is 0 Å². The summed E-state index contributed by atoms with van der Waals surface area (Å²) < 4.78 is 29.0. The number of anilines is 2. The molecule has 0 aliphatic rings. The normalized spacial score (nSPS) is 10.9. The summed E-state index contributed by atoms with van der Waals surface area (Å²) in [6.07, 6.45) is 2.53. The number of amides is 1. The number of hydrogen-bond donors (Lipinski definition) is 3. The van der Waals surface area contributed by atoms with Crippen molar-refractivity contribution in [3.63, 3.8) is 0 Å². The van der Waals surface area contributed by atoms with Crippen LogP contribution in [0.4, 0.5) is 20.3 Å². The number of rotatable bonds is 5. The minimum Gasteiger partial charge on any atom is -0.366 e. The van der Waals surface area contributed by atoms with Gasteiger partial charge in [-0.2, -0.15) is 0 Å².